The maximum atomic E-state index is 13.9. The third-order valence-electron chi connectivity index (χ3n) is 7.47. The number of rotatable bonds is 10. The quantitative estimate of drug-likeness (QED) is 0.430. The van der Waals surface area contributed by atoms with Crippen molar-refractivity contribution >= 4 is 27.5 Å². The number of amides is 2. The summed E-state index contributed by atoms with van der Waals surface area (Å²) in [5, 5.41) is 3.17. The second-order valence-corrected chi connectivity index (χ2v) is 13.8. The summed E-state index contributed by atoms with van der Waals surface area (Å²) in [6.07, 6.45) is 6.78. The third kappa shape index (κ3) is 8.56. The van der Waals surface area contributed by atoms with Gasteiger partial charge in [0.25, 0.3) is 0 Å². The molecule has 0 radical (unpaired) electrons. The van der Waals surface area contributed by atoms with Gasteiger partial charge in [-0.25, -0.2) is 8.42 Å². The minimum atomic E-state index is -3.76. The molecule has 1 fully saturated rings. The molecule has 7 nitrogen and oxygen atoms in total. The molecule has 0 aliphatic heterocycles. The number of carbonyl (C=O) groups is 2. The summed E-state index contributed by atoms with van der Waals surface area (Å²) < 4.78 is 26.9. The van der Waals surface area contributed by atoms with Gasteiger partial charge in [0.15, 0.2) is 0 Å². The lowest BCUT2D eigenvalue weighted by molar-refractivity contribution is -0.140. The average Bonchev–Trinajstić information content (AvgIpc) is 2.86. The molecule has 1 atom stereocenters. The first-order valence-corrected chi connectivity index (χ1v) is 15.9. The highest BCUT2D eigenvalue weighted by atomic mass is 32.2. The molecule has 2 aromatic carbocycles. The summed E-state index contributed by atoms with van der Waals surface area (Å²) in [5.74, 6) is -0.585. The predicted molar refractivity (Wildman–Crippen MR) is 158 cm³/mol. The van der Waals surface area contributed by atoms with Gasteiger partial charge in [0.1, 0.15) is 12.6 Å². The molecule has 0 saturated heterocycles. The lowest BCUT2D eigenvalue weighted by Crippen LogP contribution is -2.53. The van der Waals surface area contributed by atoms with E-state index in [1.807, 2.05) is 50.2 Å². The Kier molecular flexibility index (Phi) is 10.2. The molecule has 1 aliphatic carbocycles. The van der Waals surface area contributed by atoms with E-state index in [0.717, 1.165) is 52.9 Å². The molecule has 1 saturated carbocycles. The third-order valence-corrected chi connectivity index (χ3v) is 8.61. The molecule has 39 heavy (non-hydrogen) atoms. The fourth-order valence-corrected chi connectivity index (χ4v) is 6.06. The molecule has 1 N–H and O–H groups in total. The fraction of sp³-hybridized carbons (Fsp3) is 0.548. The summed E-state index contributed by atoms with van der Waals surface area (Å²) in [5.41, 5.74) is 3.35. The Morgan fingerprint density at radius 3 is 2.21 bits per heavy atom. The van der Waals surface area contributed by atoms with E-state index >= 15 is 0 Å². The van der Waals surface area contributed by atoms with Gasteiger partial charge in [-0.3, -0.25) is 13.9 Å². The first-order valence-electron chi connectivity index (χ1n) is 14.0. The van der Waals surface area contributed by atoms with Crippen molar-refractivity contribution in [2.24, 2.45) is 0 Å². The number of nitrogens with one attached hydrogen (secondary N) is 1. The maximum absolute atomic E-state index is 13.9. The summed E-state index contributed by atoms with van der Waals surface area (Å²) >= 11 is 0. The molecule has 2 aromatic rings. The Hall–Kier alpha value is -2.87. The number of hydrogen-bond acceptors (Lipinski definition) is 4. The van der Waals surface area contributed by atoms with Crippen LogP contribution < -0.4 is 9.62 Å². The number of benzene rings is 2. The van der Waals surface area contributed by atoms with E-state index in [1.54, 1.807) is 17.0 Å². The largest absolute Gasteiger partial charge is 0.352 e. The van der Waals surface area contributed by atoms with E-state index in [9.17, 15) is 18.0 Å². The Bertz CT molecular complexity index is 1230. The highest BCUT2D eigenvalue weighted by molar-refractivity contribution is 7.92. The van der Waals surface area contributed by atoms with Gasteiger partial charge < -0.3 is 10.2 Å². The second kappa shape index (κ2) is 13.0. The van der Waals surface area contributed by atoms with E-state index in [-0.39, 0.29) is 30.5 Å². The minimum Gasteiger partial charge on any atom is -0.352 e. The highest BCUT2D eigenvalue weighted by Crippen LogP contribution is 2.26. The Balaban J connectivity index is 1.92. The lowest BCUT2D eigenvalue weighted by Gasteiger charge is -2.34. The van der Waals surface area contributed by atoms with Gasteiger partial charge in [0, 0.05) is 12.6 Å². The molecular weight excluding hydrogens is 510 g/mol. The minimum absolute atomic E-state index is 0.0884. The smallest absolute Gasteiger partial charge is 0.244 e. The van der Waals surface area contributed by atoms with E-state index in [4.69, 9.17) is 0 Å². The predicted octanol–water partition coefficient (Wildman–Crippen LogP) is 5.31. The molecule has 214 valence electrons. The Morgan fingerprint density at radius 1 is 1.03 bits per heavy atom. The molecule has 3 rings (SSSR count). The van der Waals surface area contributed by atoms with Crippen LogP contribution in [0.3, 0.4) is 0 Å². The summed E-state index contributed by atoms with van der Waals surface area (Å²) in [7, 11) is -3.76. The monoisotopic (exact) mass is 555 g/mol. The first kappa shape index (κ1) is 30.7. The van der Waals surface area contributed by atoms with Gasteiger partial charge in [-0.15, -0.1) is 0 Å². The summed E-state index contributed by atoms with van der Waals surface area (Å²) in [6, 6.07) is 14.5. The zero-order chi connectivity index (χ0) is 28.8. The van der Waals surface area contributed by atoms with Gasteiger partial charge in [-0.05, 0) is 54.9 Å². The van der Waals surface area contributed by atoms with Crippen LogP contribution in [-0.2, 0) is 31.6 Å². The van der Waals surface area contributed by atoms with E-state index < -0.39 is 22.0 Å². The van der Waals surface area contributed by atoms with Crippen LogP contribution in [0, 0.1) is 6.92 Å². The van der Waals surface area contributed by atoms with E-state index in [0.29, 0.717) is 12.1 Å². The van der Waals surface area contributed by atoms with Crippen LogP contribution in [0.25, 0.3) is 0 Å². The Labute approximate surface area is 235 Å². The Morgan fingerprint density at radius 2 is 1.67 bits per heavy atom. The molecule has 0 unspecified atom stereocenters. The van der Waals surface area contributed by atoms with Crippen molar-refractivity contribution in [2.45, 2.75) is 97.2 Å². The van der Waals surface area contributed by atoms with Crippen molar-refractivity contribution in [1.29, 1.82) is 0 Å². The van der Waals surface area contributed by atoms with Crippen LogP contribution >= 0.6 is 0 Å². The number of carbonyl (C=O) groups excluding carboxylic acids is 2. The van der Waals surface area contributed by atoms with Gasteiger partial charge in [-0.1, -0.05) is 88.9 Å². The van der Waals surface area contributed by atoms with E-state index in [2.05, 4.69) is 26.1 Å². The van der Waals surface area contributed by atoms with Crippen LogP contribution in [0.4, 0.5) is 5.69 Å². The number of nitrogens with zero attached hydrogens (tertiary/aromatic N) is 2. The number of anilines is 1. The van der Waals surface area contributed by atoms with Gasteiger partial charge in [0.05, 0.1) is 11.9 Å². The highest BCUT2D eigenvalue weighted by Gasteiger charge is 2.33. The van der Waals surface area contributed by atoms with Crippen molar-refractivity contribution in [3.8, 4) is 0 Å². The van der Waals surface area contributed by atoms with Crippen molar-refractivity contribution < 1.29 is 18.0 Å². The summed E-state index contributed by atoms with van der Waals surface area (Å²) in [4.78, 5) is 29.0. The molecule has 2 amide bonds. The van der Waals surface area contributed by atoms with Crippen LogP contribution in [0.15, 0.2) is 48.5 Å². The fourth-order valence-electron chi connectivity index (χ4n) is 5.21. The first-order chi connectivity index (χ1) is 18.3. The van der Waals surface area contributed by atoms with Gasteiger partial charge in [-0.2, -0.15) is 0 Å². The van der Waals surface area contributed by atoms with Crippen molar-refractivity contribution in [1.82, 2.24) is 10.2 Å². The van der Waals surface area contributed by atoms with E-state index in [1.165, 1.54) is 6.42 Å². The molecule has 0 aromatic heterocycles. The van der Waals surface area contributed by atoms with Crippen LogP contribution in [-0.4, -0.2) is 50.0 Å². The summed E-state index contributed by atoms with van der Waals surface area (Å²) in [6.45, 7) is 9.98. The van der Waals surface area contributed by atoms with Crippen molar-refractivity contribution in [3.63, 3.8) is 0 Å². The van der Waals surface area contributed by atoms with Crippen molar-refractivity contribution in [2.75, 3.05) is 17.1 Å². The zero-order valence-corrected chi connectivity index (χ0v) is 25.2. The molecule has 0 heterocycles. The SMILES string of the molecule is CC[C@@H](C(=O)NC1CCCCC1)N(Cc1cccc(C)c1)C(=O)CN(c1ccc(C(C)(C)C)cc1)S(C)(=O)=O. The molecule has 0 spiro atoms. The van der Waals surface area contributed by atoms with Crippen LogP contribution in [0.2, 0.25) is 0 Å². The molecule has 0 bridgehead atoms. The number of aryl methyl sites for hydroxylation is 1. The average molecular weight is 556 g/mol. The van der Waals surface area contributed by atoms with Crippen molar-refractivity contribution in [3.05, 3.63) is 65.2 Å². The number of sulfonamides is 1. The van der Waals surface area contributed by atoms with Gasteiger partial charge >= 0.3 is 0 Å². The van der Waals surface area contributed by atoms with Crippen LogP contribution in [0.5, 0.6) is 0 Å². The maximum Gasteiger partial charge on any atom is 0.244 e. The molecular formula is C31H45N3O4S. The lowest BCUT2D eigenvalue weighted by atomic mass is 9.87. The topological polar surface area (TPSA) is 86.8 Å². The zero-order valence-electron chi connectivity index (χ0n) is 24.4. The van der Waals surface area contributed by atoms with Gasteiger partial charge in [0.2, 0.25) is 21.8 Å². The molecule has 8 heteroatoms. The normalized spacial score (nSPS) is 15.4. The van der Waals surface area contributed by atoms with Crippen LogP contribution in [0.1, 0.15) is 82.9 Å². The number of hydrogen-bond donors (Lipinski definition) is 1. The standard InChI is InChI=1S/C31H45N3O4S/c1-7-28(30(36)32-26-14-9-8-10-15-26)33(21-24-13-11-12-23(2)20-24)29(35)22-34(39(6,37)38)27-18-16-25(17-19-27)31(3,4)5/h11-13,16-20,26,28H,7-10,14-15,21-22H2,1-6H3,(H,32,36)/t28-/m0/s1. The molecule has 1 aliphatic rings. The second-order valence-electron chi connectivity index (χ2n) is 11.8.